The van der Waals surface area contributed by atoms with Crippen LogP contribution in [-0.4, -0.2) is 45.4 Å². The number of hydrogen-bond donors (Lipinski definition) is 2. The van der Waals surface area contributed by atoms with Crippen molar-refractivity contribution in [2.24, 2.45) is 0 Å². The Morgan fingerprint density at radius 3 is 2.59 bits per heavy atom. The van der Waals surface area contributed by atoms with Crippen LogP contribution in [0, 0.1) is 13.8 Å². The van der Waals surface area contributed by atoms with Crippen molar-refractivity contribution in [1.82, 2.24) is 19.4 Å². The molecule has 0 radical (unpaired) electrons. The van der Waals surface area contributed by atoms with Crippen molar-refractivity contribution in [1.29, 1.82) is 0 Å². The first kappa shape index (κ1) is 17.7. The minimum absolute atomic E-state index is 0.0585. The molecule has 8 nitrogen and oxygen atoms in total. The molecule has 2 aliphatic heterocycles. The molecule has 2 aromatic heterocycles. The standard InChI is InChI=1S/C19H24N6O2/c1-11-8-13(23-17-12(2)16(20)21-10-22-17)18(27)25-15(11)14(26)9-19(25)4-6-24(3)7-5-19/h8,10H,4-7,9H2,1-3H3,(H3,20,21,22,23). The van der Waals surface area contributed by atoms with Crippen molar-refractivity contribution in [3.05, 3.63) is 39.6 Å². The summed E-state index contributed by atoms with van der Waals surface area (Å²) in [6.45, 7) is 5.43. The first-order valence-electron chi connectivity index (χ1n) is 9.15. The van der Waals surface area contributed by atoms with E-state index in [1.807, 2.05) is 6.92 Å². The number of nitrogens with zero attached hydrogens (tertiary/aromatic N) is 4. The van der Waals surface area contributed by atoms with Gasteiger partial charge in [0.1, 0.15) is 23.7 Å². The number of anilines is 3. The molecule has 2 aliphatic rings. The summed E-state index contributed by atoms with van der Waals surface area (Å²) < 4.78 is 1.75. The lowest BCUT2D eigenvalue weighted by molar-refractivity contribution is 0.0911. The Hall–Kier alpha value is -2.74. The topological polar surface area (TPSA) is 106 Å². The van der Waals surface area contributed by atoms with Gasteiger partial charge in [-0.05, 0) is 45.4 Å². The third-order valence-corrected chi connectivity index (χ3v) is 5.91. The van der Waals surface area contributed by atoms with E-state index in [0.717, 1.165) is 31.5 Å². The van der Waals surface area contributed by atoms with Gasteiger partial charge >= 0.3 is 0 Å². The number of rotatable bonds is 2. The average molecular weight is 368 g/mol. The summed E-state index contributed by atoms with van der Waals surface area (Å²) in [6.07, 6.45) is 3.36. The molecule has 0 amide bonds. The van der Waals surface area contributed by atoms with Crippen LogP contribution in [0.5, 0.6) is 0 Å². The highest BCUT2D eigenvalue weighted by Gasteiger charge is 2.46. The molecule has 4 rings (SSSR count). The number of aromatic nitrogens is 3. The number of pyridine rings is 1. The molecule has 1 fully saturated rings. The Morgan fingerprint density at radius 1 is 1.19 bits per heavy atom. The second kappa shape index (κ2) is 6.16. The van der Waals surface area contributed by atoms with E-state index >= 15 is 0 Å². The zero-order valence-electron chi connectivity index (χ0n) is 15.9. The van der Waals surface area contributed by atoms with Crippen molar-refractivity contribution in [3.63, 3.8) is 0 Å². The minimum atomic E-state index is -0.418. The van der Waals surface area contributed by atoms with Gasteiger partial charge in [-0.15, -0.1) is 0 Å². The maximum absolute atomic E-state index is 13.4. The number of nitrogen functional groups attached to an aromatic ring is 1. The third-order valence-electron chi connectivity index (χ3n) is 5.91. The molecule has 1 spiro atoms. The lowest BCUT2D eigenvalue weighted by atomic mass is 9.85. The number of nitrogens with two attached hydrogens (primary N) is 1. The van der Waals surface area contributed by atoms with Gasteiger partial charge in [-0.3, -0.25) is 14.2 Å². The molecule has 8 heteroatoms. The number of aryl methyl sites for hydroxylation is 1. The first-order chi connectivity index (χ1) is 12.8. The Labute approximate surface area is 157 Å². The number of likely N-dealkylation sites (tertiary alicyclic amines) is 1. The van der Waals surface area contributed by atoms with Crippen LogP contribution in [0.25, 0.3) is 0 Å². The van der Waals surface area contributed by atoms with Gasteiger partial charge < -0.3 is 16.0 Å². The van der Waals surface area contributed by atoms with Gasteiger partial charge in [0.2, 0.25) is 0 Å². The zero-order valence-corrected chi connectivity index (χ0v) is 15.9. The van der Waals surface area contributed by atoms with Gasteiger partial charge in [0.25, 0.3) is 5.56 Å². The van der Waals surface area contributed by atoms with Crippen molar-refractivity contribution >= 4 is 23.1 Å². The Kier molecular flexibility index (Phi) is 4.03. The van der Waals surface area contributed by atoms with Crippen molar-refractivity contribution in [2.75, 3.05) is 31.2 Å². The second-order valence-corrected chi connectivity index (χ2v) is 7.72. The van der Waals surface area contributed by atoms with E-state index in [1.54, 1.807) is 17.6 Å². The van der Waals surface area contributed by atoms with Crippen LogP contribution in [0.3, 0.4) is 0 Å². The number of hydrogen-bond acceptors (Lipinski definition) is 7. The van der Waals surface area contributed by atoms with Crippen LogP contribution in [-0.2, 0) is 5.54 Å². The van der Waals surface area contributed by atoms with Crippen molar-refractivity contribution in [3.8, 4) is 0 Å². The quantitative estimate of drug-likeness (QED) is 0.829. The maximum Gasteiger partial charge on any atom is 0.275 e. The highest BCUT2D eigenvalue weighted by molar-refractivity contribution is 5.99. The zero-order chi connectivity index (χ0) is 19.3. The fourth-order valence-electron chi connectivity index (χ4n) is 4.25. The number of carbonyl (C=O) groups is 1. The molecule has 0 atom stereocenters. The van der Waals surface area contributed by atoms with E-state index < -0.39 is 5.54 Å². The van der Waals surface area contributed by atoms with E-state index in [1.165, 1.54) is 6.33 Å². The van der Waals surface area contributed by atoms with E-state index in [9.17, 15) is 9.59 Å². The first-order valence-corrected chi connectivity index (χ1v) is 9.15. The number of carbonyl (C=O) groups excluding carboxylic acids is 1. The molecule has 27 heavy (non-hydrogen) atoms. The van der Waals surface area contributed by atoms with E-state index in [-0.39, 0.29) is 11.3 Å². The van der Waals surface area contributed by atoms with Gasteiger partial charge in [-0.2, -0.15) is 0 Å². The molecule has 0 aromatic carbocycles. The van der Waals surface area contributed by atoms with E-state index in [0.29, 0.717) is 35.0 Å². The predicted octanol–water partition coefficient (Wildman–Crippen LogP) is 1.59. The maximum atomic E-state index is 13.4. The average Bonchev–Trinajstić information content (AvgIpc) is 2.92. The van der Waals surface area contributed by atoms with Gasteiger partial charge in [0.15, 0.2) is 5.78 Å². The second-order valence-electron chi connectivity index (χ2n) is 7.72. The number of ketones is 1. The number of Topliss-reactive ketones (excluding diaryl/α,β-unsaturated/α-hetero) is 1. The highest BCUT2D eigenvalue weighted by Crippen LogP contribution is 2.40. The van der Waals surface area contributed by atoms with Crippen molar-refractivity contribution in [2.45, 2.75) is 38.6 Å². The Morgan fingerprint density at radius 2 is 1.89 bits per heavy atom. The van der Waals surface area contributed by atoms with E-state index in [4.69, 9.17) is 5.73 Å². The number of nitrogens with one attached hydrogen (secondary N) is 1. The molecule has 0 unspecified atom stereocenters. The Bertz CT molecular complexity index is 988. The monoisotopic (exact) mass is 368 g/mol. The summed E-state index contributed by atoms with van der Waals surface area (Å²) in [7, 11) is 2.07. The molecule has 0 bridgehead atoms. The largest absolute Gasteiger partial charge is 0.383 e. The van der Waals surface area contributed by atoms with Crippen LogP contribution >= 0.6 is 0 Å². The summed E-state index contributed by atoms with van der Waals surface area (Å²) in [4.78, 5) is 36.5. The highest BCUT2D eigenvalue weighted by atomic mass is 16.1. The van der Waals surface area contributed by atoms with Crippen molar-refractivity contribution < 1.29 is 4.79 Å². The molecule has 1 saturated heterocycles. The van der Waals surface area contributed by atoms with Crippen LogP contribution in [0.2, 0.25) is 0 Å². The predicted molar refractivity (Wildman–Crippen MR) is 104 cm³/mol. The molecule has 142 valence electrons. The summed E-state index contributed by atoms with van der Waals surface area (Å²) in [5.41, 5.74) is 7.70. The fraction of sp³-hybridized carbons (Fsp3) is 0.474. The Balaban J connectivity index is 1.83. The molecule has 4 heterocycles. The van der Waals surface area contributed by atoms with Crippen LogP contribution in [0.4, 0.5) is 17.3 Å². The number of fused-ring (bicyclic) bond motifs is 2. The summed E-state index contributed by atoms with van der Waals surface area (Å²) in [5, 5.41) is 3.11. The SMILES string of the molecule is Cc1cc(Nc2ncnc(N)c2C)c(=O)n2c1C(=O)CC21CCN(C)CC1. The minimum Gasteiger partial charge on any atom is -0.383 e. The molecular weight excluding hydrogens is 344 g/mol. The summed E-state index contributed by atoms with van der Waals surface area (Å²) in [5.74, 6) is 0.928. The van der Waals surface area contributed by atoms with Crippen LogP contribution in [0.15, 0.2) is 17.2 Å². The third kappa shape index (κ3) is 2.71. The van der Waals surface area contributed by atoms with E-state index in [2.05, 4.69) is 27.2 Å². The van der Waals surface area contributed by atoms with Crippen LogP contribution < -0.4 is 16.6 Å². The normalized spacial score (nSPS) is 18.7. The van der Waals surface area contributed by atoms with Gasteiger partial charge in [0, 0.05) is 25.1 Å². The van der Waals surface area contributed by atoms with Gasteiger partial charge in [-0.1, -0.05) is 0 Å². The smallest absolute Gasteiger partial charge is 0.275 e. The summed E-state index contributed by atoms with van der Waals surface area (Å²) in [6, 6.07) is 1.73. The fourth-order valence-corrected chi connectivity index (χ4v) is 4.25. The van der Waals surface area contributed by atoms with Crippen LogP contribution in [0.1, 0.15) is 40.9 Å². The van der Waals surface area contributed by atoms with Gasteiger partial charge in [-0.25, -0.2) is 9.97 Å². The molecule has 3 N–H and O–H groups in total. The lowest BCUT2D eigenvalue weighted by Gasteiger charge is -2.39. The number of piperidine rings is 1. The molecule has 0 aliphatic carbocycles. The molecule has 2 aromatic rings. The summed E-state index contributed by atoms with van der Waals surface area (Å²) >= 11 is 0. The molecular formula is C19H24N6O2. The lowest BCUT2D eigenvalue weighted by Crippen LogP contribution is -2.47. The van der Waals surface area contributed by atoms with Gasteiger partial charge in [0.05, 0.1) is 11.2 Å². The molecule has 0 saturated carbocycles.